The molecule has 0 spiro atoms. The third-order valence-corrected chi connectivity index (χ3v) is 6.50. The van der Waals surface area contributed by atoms with Gasteiger partial charge in [0, 0.05) is 49.1 Å². The molecule has 0 saturated heterocycles. The van der Waals surface area contributed by atoms with Gasteiger partial charge in [0.2, 0.25) is 5.95 Å². The number of hydrogen-bond donors (Lipinski definition) is 2. The summed E-state index contributed by atoms with van der Waals surface area (Å²) in [5, 5.41) is 19.1. The molecule has 1 saturated carbocycles. The maximum atomic E-state index is 10.8. The molecule has 0 radical (unpaired) electrons. The minimum atomic E-state index is -0.332. The van der Waals surface area contributed by atoms with Gasteiger partial charge < -0.3 is 15.5 Å². The fourth-order valence-electron chi connectivity index (χ4n) is 3.89. The van der Waals surface area contributed by atoms with Gasteiger partial charge in [-0.05, 0) is 43.9 Å². The second-order valence-electron chi connectivity index (χ2n) is 7.85. The molecule has 1 fully saturated rings. The van der Waals surface area contributed by atoms with Crippen molar-refractivity contribution >= 4 is 39.0 Å². The van der Waals surface area contributed by atoms with Crippen LogP contribution in [0.3, 0.4) is 0 Å². The topological polar surface area (TPSA) is 96.2 Å². The number of nitrogens with one attached hydrogen (secondary N) is 2. The van der Waals surface area contributed by atoms with Crippen molar-refractivity contribution in [1.82, 2.24) is 15.3 Å². The summed E-state index contributed by atoms with van der Waals surface area (Å²) in [6.45, 7) is 0.682. The minimum absolute atomic E-state index is 0.201. The van der Waals surface area contributed by atoms with Gasteiger partial charge in [-0.15, -0.1) is 0 Å². The number of para-hydroxylation sites is 1. The van der Waals surface area contributed by atoms with Crippen molar-refractivity contribution in [3.63, 3.8) is 0 Å². The van der Waals surface area contributed by atoms with Crippen LogP contribution in [0.1, 0.15) is 30.6 Å². The minimum Gasteiger partial charge on any atom is -0.362 e. The molecule has 1 aliphatic rings. The van der Waals surface area contributed by atoms with Crippen LogP contribution in [0.5, 0.6) is 0 Å². The average molecular weight is 427 g/mol. The van der Waals surface area contributed by atoms with Crippen molar-refractivity contribution in [2.45, 2.75) is 44.3 Å². The number of rotatable bonds is 7. The van der Waals surface area contributed by atoms with E-state index in [1.54, 1.807) is 6.07 Å². The Morgan fingerprint density at radius 2 is 1.83 bits per heavy atom. The zero-order valence-corrected chi connectivity index (χ0v) is 18.0. The quantitative estimate of drug-likeness (QED) is 0.432. The number of aromatic nitrogens is 2. The van der Waals surface area contributed by atoms with Crippen molar-refractivity contribution in [3.8, 4) is 0 Å². The lowest BCUT2D eigenvalue weighted by atomic mass is 9.91. The van der Waals surface area contributed by atoms with E-state index in [4.69, 9.17) is 9.97 Å². The lowest BCUT2D eigenvalue weighted by molar-refractivity contribution is -0.380. The number of hydrogen-bond acceptors (Lipinski definition) is 8. The maximum Gasteiger partial charge on any atom is 0.324 e. The zero-order valence-electron chi connectivity index (χ0n) is 17.2. The van der Waals surface area contributed by atoms with Crippen LogP contribution in [0.15, 0.2) is 36.4 Å². The van der Waals surface area contributed by atoms with Gasteiger partial charge in [-0.25, -0.2) is 4.98 Å². The van der Waals surface area contributed by atoms with Gasteiger partial charge in [-0.1, -0.05) is 23.5 Å². The third kappa shape index (κ3) is 4.68. The van der Waals surface area contributed by atoms with Gasteiger partial charge >= 0.3 is 5.00 Å². The molecule has 4 rings (SSSR count). The van der Waals surface area contributed by atoms with Crippen LogP contribution in [0, 0.1) is 10.1 Å². The molecule has 158 valence electrons. The smallest absolute Gasteiger partial charge is 0.324 e. The number of nitrogens with zero attached hydrogens (tertiary/aromatic N) is 4. The first-order valence-electron chi connectivity index (χ1n) is 10.2. The number of nitro groups is 1. The normalized spacial score (nSPS) is 19.0. The highest BCUT2D eigenvalue weighted by molar-refractivity contribution is 7.15. The van der Waals surface area contributed by atoms with Crippen LogP contribution in [-0.2, 0) is 6.54 Å². The molecule has 3 aromatic rings. The van der Waals surface area contributed by atoms with Crippen LogP contribution in [0.2, 0.25) is 0 Å². The summed E-state index contributed by atoms with van der Waals surface area (Å²) >= 11 is 1.24. The first-order valence-corrected chi connectivity index (χ1v) is 11.0. The van der Waals surface area contributed by atoms with Gasteiger partial charge in [0.1, 0.15) is 5.82 Å². The Bertz CT molecular complexity index is 1030. The number of anilines is 2. The molecule has 2 heterocycles. The van der Waals surface area contributed by atoms with Gasteiger partial charge in [0.25, 0.3) is 0 Å². The van der Waals surface area contributed by atoms with E-state index in [0.29, 0.717) is 24.6 Å². The summed E-state index contributed by atoms with van der Waals surface area (Å²) in [4.78, 5) is 22.9. The summed E-state index contributed by atoms with van der Waals surface area (Å²) in [6.07, 6.45) is 4.18. The predicted octanol–water partition coefficient (Wildman–Crippen LogP) is 4.18. The van der Waals surface area contributed by atoms with Crippen LogP contribution >= 0.6 is 11.3 Å². The van der Waals surface area contributed by atoms with Crippen molar-refractivity contribution in [2.75, 3.05) is 24.3 Å². The van der Waals surface area contributed by atoms with E-state index in [1.165, 1.54) is 11.3 Å². The molecule has 2 aromatic heterocycles. The SMILES string of the molecule is CN(C)c1nc(NC2CCC(NCc3ccc([N+](=O)[O-])s3)CC2)nc2ccccc12. The molecule has 0 atom stereocenters. The van der Waals surface area contributed by atoms with E-state index in [-0.39, 0.29) is 9.92 Å². The molecule has 0 aliphatic heterocycles. The van der Waals surface area contributed by atoms with E-state index >= 15 is 0 Å². The van der Waals surface area contributed by atoms with E-state index in [2.05, 4.69) is 10.6 Å². The molecular formula is C21H26N6O2S. The second kappa shape index (κ2) is 8.93. The van der Waals surface area contributed by atoms with E-state index in [0.717, 1.165) is 47.3 Å². The molecule has 0 bridgehead atoms. The van der Waals surface area contributed by atoms with E-state index in [9.17, 15) is 10.1 Å². The van der Waals surface area contributed by atoms with Gasteiger partial charge in [-0.2, -0.15) is 4.98 Å². The molecular weight excluding hydrogens is 400 g/mol. The molecule has 0 unspecified atom stereocenters. The fourth-order valence-corrected chi connectivity index (χ4v) is 4.67. The van der Waals surface area contributed by atoms with E-state index in [1.807, 2.05) is 49.3 Å². The molecule has 1 aromatic carbocycles. The standard InChI is InChI=1S/C21H26N6O2S/c1-26(2)20-17-5-3-4-6-18(17)24-21(25-20)23-15-9-7-14(8-10-15)22-13-16-11-12-19(30-16)27(28)29/h3-6,11-12,14-15,22H,7-10,13H2,1-2H3,(H,23,24,25). The number of fused-ring (bicyclic) bond motifs is 1. The lowest BCUT2D eigenvalue weighted by Crippen LogP contribution is -2.36. The maximum absolute atomic E-state index is 10.8. The van der Waals surface area contributed by atoms with Gasteiger partial charge in [0.15, 0.2) is 0 Å². The van der Waals surface area contributed by atoms with Crippen molar-refractivity contribution < 1.29 is 4.92 Å². The Morgan fingerprint density at radius 1 is 1.10 bits per heavy atom. The highest BCUT2D eigenvalue weighted by Gasteiger charge is 2.22. The Morgan fingerprint density at radius 3 is 2.53 bits per heavy atom. The molecule has 2 N–H and O–H groups in total. The van der Waals surface area contributed by atoms with Crippen LogP contribution < -0.4 is 15.5 Å². The van der Waals surface area contributed by atoms with Crippen LogP contribution in [0.4, 0.5) is 16.8 Å². The molecule has 0 amide bonds. The summed E-state index contributed by atoms with van der Waals surface area (Å²) in [7, 11) is 4.00. The molecule has 9 heteroatoms. The number of benzene rings is 1. The molecule has 1 aliphatic carbocycles. The summed E-state index contributed by atoms with van der Waals surface area (Å²) in [6, 6.07) is 12.3. The van der Waals surface area contributed by atoms with Crippen LogP contribution in [-0.4, -0.2) is 41.1 Å². The Kier molecular flexibility index (Phi) is 6.10. The Labute approximate surface area is 179 Å². The predicted molar refractivity (Wildman–Crippen MR) is 121 cm³/mol. The lowest BCUT2D eigenvalue weighted by Gasteiger charge is -2.30. The van der Waals surface area contributed by atoms with Crippen LogP contribution in [0.25, 0.3) is 10.9 Å². The summed E-state index contributed by atoms with van der Waals surface area (Å²) in [5.74, 6) is 1.60. The van der Waals surface area contributed by atoms with Crippen molar-refractivity contribution in [1.29, 1.82) is 0 Å². The van der Waals surface area contributed by atoms with Crippen molar-refractivity contribution in [3.05, 3.63) is 51.4 Å². The first-order chi connectivity index (χ1) is 14.5. The zero-order chi connectivity index (χ0) is 21.1. The summed E-state index contributed by atoms with van der Waals surface area (Å²) < 4.78 is 0. The average Bonchev–Trinajstić information content (AvgIpc) is 3.22. The highest BCUT2D eigenvalue weighted by Crippen LogP contribution is 2.27. The second-order valence-corrected chi connectivity index (χ2v) is 9.00. The Hall–Kier alpha value is -2.78. The third-order valence-electron chi connectivity index (χ3n) is 5.46. The highest BCUT2D eigenvalue weighted by atomic mass is 32.1. The first kappa shape index (κ1) is 20.5. The molecule has 30 heavy (non-hydrogen) atoms. The van der Waals surface area contributed by atoms with Gasteiger partial charge in [0.05, 0.1) is 10.4 Å². The monoisotopic (exact) mass is 426 g/mol. The van der Waals surface area contributed by atoms with E-state index < -0.39 is 0 Å². The van der Waals surface area contributed by atoms with Crippen molar-refractivity contribution in [2.24, 2.45) is 0 Å². The number of thiophene rings is 1. The molecule has 8 nitrogen and oxygen atoms in total. The fraction of sp³-hybridized carbons (Fsp3) is 0.429. The largest absolute Gasteiger partial charge is 0.362 e. The summed E-state index contributed by atoms with van der Waals surface area (Å²) in [5.41, 5.74) is 0.944. The Balaban J connectivity index is 1.33. The van der Waals surface area contributed by atoms with Gasteiger partial charge in [-0.3, -0.25) is 10.1 Å².